The number of hydrogen-bond donors (Lipinski definition) is 1. The Hall–Kier alpha value is -3.43. The molecule has 2 aliphatic heterocycles. The lowest BCUT2D eigenvalue weighted by Gasteiger charge is -2.32. The number of anilines is 1. The SMILES string of the molecule is CC1=Nc2ccc(-c3ccn4nc(NC5CCN(C(=O)C6CC6)CC5)ncc34)nc2C1(C)CC(F)F.[HH]. The van der Waals surface area contributed by atoms with Crippen molar-refractivity contribution < 1.29 is 15.0 Å². The highest BCUT2D eigenvalue weighted by Gasteiger charge is 2.41. The maximum atomic E-state index is 13.4. The number of carbonyl (C=O) groups excluding carboxylic acids is 1. The monoisotopic (exact) mass is 495 g/mol. The summed E-state index contributed by atoms with van der Waals surface area (Å²) in [5, 5.41) is 8.04. The first-order valence-electron chi connectivity index (χ1n) is 12.6. The fourth-order valence-corrected chi connectivity index (χ4v) is 5.32. The van der Waals surface area contributed by atoms with E-state index < -0.39 is 11.8 Å². The summed E-state index contributed by atoms with van der Waals surface area (Å²) in [5.74, 6) is 1.10. The Balaban J connectivity index is 0.00000280. The van der Waals surface area contributed by atoms with E-state index in [2.05, 4.69) is 20.4 Å². The van der Waals surface area contributed by atoms with Crippen molar-refractivity contribution >= 4 is 28.8 Å². The molecule has 0 spiro atoms. The number of carbonyl (C=O) groups is 1. The van der Waals surface area contributed by atoms with Crippen LogP contribution in [0.4, 0.5) is 20.4 Å². The average molecular weight is 496 g/mol. The van der Waals surface area contributed by atoms with Gasteiger partial charge in [0.15, 0.2) is 0 Å². The van der Waals surface area contributed by atoms with Crippen LogP contribution in [0.5, 0.6) is 0 Å². The van der Waals surface area contributed by atoms with Crippen LogP contribution in [0.2, 0.25) is 0 Å². The molecule has 1 saturated carbocycles. The second kappa shape index (κ2) is 8.60. The summed E-state index contributed by atoms with van der Waals surface area (Å²) in [6, 6.07) is 5.84. The van der Waals surface area contributed by atoms with Gasteiger partial charge in [0.2, 0.25) is 18.3 Å². The van der Waals surface area contributed by atoms with Crippen LogP contribution in [0.25, 0.3) is 16.8 Å². The lowest BCUT2D eigenvalue weighted by Crippen LogP contribution is -2.43. The van der Waals surface area contributed by atoms with E-state index in [1.807, 2.05) is 29.3 Å². The maximum Gasteiger partial charge on any atom is 0.241 e. The Morgan fingerprint density at radius 2 is 2.00 bits per heavy atom. The fraction of sp³-hybridized carbons (Fsp3) is 0.500. The van der Waals surface area contributed by atoms with Crippen LogP contribution in [-0.4, -0.2) is 61.7 Å². The van der Waals surface area contributed by atoms with Crippen LogP contribution in [-0.2, 0) is 10.2 Å². The summed E-state index contributed by atoms with van der Waals surface area (Å²) in [7, 11) is 0. The van der Waals surface area contributed by atoms with Gasteiger partial charge >= 0.3 is 0 Å². The third-order valence-corrected chi connectivity index (χ3v) is 7.80. The van der Waals surface area contributed by atoms with Crippen molar-refractivity contribution in [3.8, 4) is 11.3 Å². The van der Waals surface area contributed by atoms with Crippen molar-refractivity contribution in [2.75, 3.05) is 18.4 Å². The molecule has 1 N–H and O–H groups in total. The zero-order chi connectivity index (χ0) is 25.0. The lowest BCUT2D eigenvalue weighted by atomic mass is 9.80. The number of aromatic nitrogens is 4. The topological polar surface area (TPSA) is 87.8 Å². The van der Waals surface area contributed by atoms with E-state index in [-0.39, 0.29) is 19.8 Å². The molecule has 1 aliphatic carbocycles. The quantitative estimate of drug-likeness (QED) is 0.527. The Kier molecular flexibility index (Phi) is 5.49. The molecular weight excluding hydrogens is 464 g/mol. The Labute approximate surface area is 209 Å². The van der Waals surface area contributed by atoms with Crippen molar-refractivity contribution in [2.24, 2.45) is 10.9 Å². The van der Waals surface area contributed by atoms with Gasteiger partial charge in [0, 0.05) is 50.4 Å². The molecule has 3 aromatic heterocycles. The number of nitrogens with zero attached hydrogens (tertiary/aromatic N) is 6. The van der Waals surface area contributed by atoms with Gasteiger partial charge in [0.05, 0.1) is 34.2 Å². The third-order valence-electron chi connectivity index (χ3n) is 7.80. The highest BCUT2D eigenvalue weighted by molar-refractivity contribution is 5.99. The molecule has 1 saturated heterocycles. The molecule has 10 heteroatoms. The Morgan fingerprint density at radius 1 is 1.22 bits per heavy atom. The molecule has 8 nitrogen and oxygen atoms in total. The van der Waals surface area contributed by atoms with E-state index in [0.717, 1.165) is 49.9 Å². The largest absolute Gasteiger partial charge is 0.350 e. The number of rotatable bonds is 6. The Bertz CT molecular complexity index is 1360. The molecule has 0 radical (unpaired) electrons. The van der Waals surface area contributed by atoms with Gasteiger partial charge in [0.25, 0.3) is 0 Å². The van der Waals surface area contributed by atoms with Crippen LogP contribution >= 0.6 is 0 Å². The van der Waals surface area contributed by atoms with Crippen molar-refractivity contribution in [1.29, 1.82) is 0 Å². The first kappa shape index (κ1) is 23.0. The van der Waals surface area contributed by atoms with Gasteiger partial charge in [-0.25, -0.2) is 23.3 Å². The van der Waals surface area contributed by atoms with Crippen LogP contribution in [0.1, 0.15) is 53.1 Å². The summed E-state index contributed by atoms with van der Waals surface area (Å²) in [4.78, 5) is 28.1. The van der Waals surface area contributed by atoms with E-state index in [9.17, 15) is 13.6 Å². The molecule has 6 rings (SSSR count). The lowest BCUT2D eigenvalue weighted by molar-refractivity contribution is -0.133. The summed E-state index contributed by atoms with van der Waals surface area (Å²) in [6.07, 6.45) is 4.66. The van der Waals surface area contributed by atoms with Gasteiger partial charge in [-0.3, -0.25) is 9.79 Å². The number of halogens is 2. The molecule has 2 fully saturated rings. The number of likely N-dealkylation sites (tertiary alicyclic amines) is 1. The van der Waals surface area contributed by atoms with Crippen molar-refractivity contribution in [3.63, 3.8) is 0 Å². The molecular formula is C26H31F2N7O. The maximum absolute atomic E-state index is 13.4. The van der Waals surface area contributed by atoms with E-state index in [0.29, 0.717) is 34.6 Å². The predicted molar refractivity (Wildman–Crippen MR) is 135 cm³/mol. The molecule has 0 aromatic carbocycles. The summed E-state index contributed by atoms with van der Waals surface area (Å²) >= 11 is 0. The molecule has 3 aromatic rings. The number of alkyl halides is 2. The van der Waals surface area contributed by atoms with Gasteiger partial charge in [-0.15, -0.1) is 5.10 Å². The normalized spacial score (nSPS) is 22.2. The number of piperidine rings is 1. The van der Waals surface area contributed by atoms with E-state index in [1.54, 1.807) is 24.6 Å². The fourth-order valence-electron chi connectivity index (χ4n) is 5.32. The van der Waals surface area contributed by atoms with Crippen molar-refractivity contribution in [2.45, 2.75) is 63.8 Å². The average Bonchev–Trinajstić information content (AvgIpc) is 3.58. The number of aliphatic imine (C=N–C) groups is 1. The van der Waals surface area contributed by atoms with Gasteiger partial charge < -0.3 is 10.2 Å². The highest BCUT2D eigenvalue weighted by atomic mass is 19.3. The minimum Gasteiger partial charge on any atom is -0.350 e. The van der Waals surface area contributed by atoms with Gasteiger partial charge in [0.1, 0.15) is 0 Å². The second-order valence-electron chi connectivity index (χ2n) is 10.3. The molecule has 190 valence electrons. The first-order chi connectivity index (χ1) is 17.3. The summed E-state index contributed by atoms with van der Waals surface area (Å²) in [6.45, 7) is 5.10. The second-order valence-corrected chi connectivity index (χ2v) is 10.3. The standard InChI is InChI=1S/C26H29F2N7O.H2/c1-15-26(2,13-22(27)28)23-20(30-15)6-5-19(32-23)18-9-12-35-21(18)14-29-25(33-35)31-17-7-10-34(11-8-17)24(36)16-3-4-16;/h5-6,9,12,14,16-17,22H,3-4,7-8,10-11,13H2,1-2H3,(H,31,33);1H. The number of hydrogen-bond acceptors (Lipinski definition) is 6. The summed E-state index contributed by atoms with van der Waals surface area (Å²) in [5.41, 5.74) is 3.30. The van der Waals surface area contributed by atoms with Crippen LogP contribution < -0.4 is 5.32 Å². The highest BCUT2D eigenvalue weighted by Crippen LogP contribution is 2.43. The van der Waals surface area contributed by atoms with Gasteiger partial charge in [-0.2, -0.15) is 0 Å². The number of amides is 1. The minimum absolute atomic E-state index is 0. The smallest absolute Gasteiger partial charge is 0.241 e. The first-order valence-corrected chi connectivity index (χ1v) is 12.6. The number of nitrogens with one attached hydrogen (secondary N) is 1. The predicted octanol–water partition coefficient (Wildman–Crippen LogP) is 4.87. The van der Waals surface area contributed by atoms with Gasteiger partial charge in [-0.05, 0) is 57.7 Å². The molecule has 1 atom stereocenters. The molecule has 0 bridgehead atoms. The van der Waals surface area contributed by atoms with Crippen LogP contribution in [0, 0.1) is 5.92 Å². The van der Waals surface area contributed by atoms with Crippen molar-refractivity contribution in [3.05, 3.63) is 36.3 Å². The van der Waals surface area contributed by atoms with Crippen LogP contribution in [0.3, 0.4) is 0 Å². The third kappa shape index (κ3) is 4.02. The molecule has 1 unspecified atom stereocenters. The molecule has 1 amide bonds. The number of fused-ring (bicyclic) bond motifs is 2. The molecule has 36 heavy (non-hydrogen) atoms. The van der Waals surface area contributed by atoms with Crippen molar-refractivity contribution in [1.82, 2.24) is 24.5 Å². The molecule has 3 aliphatic rings. The summed E-state index contributed by atoms with van der Waals surface area (Å²) < 4.78 is 28.5. The van der Waals surface area contributed by atoms with Crippen LogP contribution in [0.15, 0.2) is 35.6 Å². The number of pyridine rings is 1. The zero-order valence-electron chi connectivity index (χ0n) is 20.4. The van der Waals surface area contributed by atoms with E-state index in [1.165, 1.54) is 0 Å². The molecule has 5 heterocycles. The zero-order valence-corrected chi connectivity index (χ0v) is 20.4. The van der Waals surface area contributed by atoms with Gasteiger partial charge in [-0.1, -0.05) is 0 Å². The Morgan fingerprint density at radius 3 is 2.72 bits per heavy atom. The van der Waals surface area contributed by atoms with E-state index >= 15 is 0 Å². The minimum atomic E-state index is -2.45. The van der Waals surface area contributed by atoms with E-state index in [4.69, 9.17) is 4.98 Å².